The maximum absolute atomic E-state index is 13.8. The fourth-order valence-electron chi connectivity index (χ4n) is 4.28. The number of amides is 1. The largest absolute Gasteiger partial charge is 0.482 e. The summed E-state index contributed by atoms with van der Waals surface area (Å²) in [5, 5.41) is 12.5. The van der Waals surface area contributed by atoms with Gasteiger partial charge in [-0.3, -0.25) is 4.79 Å². The molecule has 1 unspecified atom stereocenters. The lowest BCUT2D eigenvalue weighted by molar-refractivity contribution is -0.111. The summed E-state index contributed by atoms with van der Waals surface area (Å²) >= 11 is 0. The SMILES string of the molecule is CC1(C)OC(=C2C(=O)Nc3ccc(F)cc32)C=C1c1ccc(N2CCC(O)C2)nc1. The van der Waals surface area contributed by atoms with Gasteiger partial charge in [0.2, 0.25) is 0 Å². The Morgan fingerprint density at radius 3 is 2.83 bits per heavy atom. The maximum Gasteiger partial charge on any atom is 0.260 e. The average Bonchev–Trinajstić information content (AvgIpc) is 3.36. The van der Waals surface area contributed by atoms with Crippen LogP contribution >= 0.6 is 0 Å². The lowest BCUT2D eigenvalue weighted by Crippen LogP contribution is -2.23. The highest BCUT2D eigenvalue weighted by Crippen LogP contribution is 2.44. The molecule has 2 aromatic rings. The number of aromatic nitrogens is 1. The van der Waals surface area contributed by atoms with Gasteiger partial charge in [0.25, 0.3) is 5.91 Å². The topological polar surface area (TPSA) is 74.7 Å². The number of hydrogen-bond donors (Lipinski definition) is 2. The van der Waals surface area contributed by atoms with E-state index in [2.05, 4.69) is 15.2 Å². The number of carbonyl (C=O) groups is 1. The van der Waals surface area contributed by atoms with Crippen molar-refractivity contribution >= 4 is 28.6 Å². The second kappa shape index (κ2) is 6.67. The second-order valence-electron chi connectivity index (χ2n) is 8.35. The van der Waals surface area contributed by atoms with Gasteiger partial charge in [0, 0.05) is 41.7 Å². The van der Waals surface area contributed by atoms with Gasteiger partial charge in [-0.1, -0.05) is 0 Å². The molecule has 1 aromatic carbocycles. The molecule has 0 bridgehead atoms. The molecule has 5 rings (SSSR count). The molecular formula is C23H22FN3O3. The monoisotopic (exact) mass is 407 g/mol. The standard InChI is InChI=1S/C23H22FN3O3/c1-23(2)17(13-3-6-20(25-11-13)27-8-7-15(28)12-27)10-19(30-23)21-16-9-14(24)4-5-18(16)26-22(21)29/h3-6,9-11,15,28H,7-8,12H2,1-2H3,(H,26,29). The van der Waals surface area contributed by atoms with Gasteiger partial charge < -0.3 is 20.1 Å². The average molecular weight is 407 g/mol. The number of allylic oxidation sites excluding steroid dienone is 1. The second-order valence-corrected chi connectivity index (χ2v) is 8.35. The van der Waals surface area contributed by atoms with E-state index in [1.807, 2.05) is 32.1 Å². The van der Waals surface area contributed by atoms with E-state index in [4.69, 9.17) is 4.74 Å². The minimum absolute atomic E-state index is 0.306. The van der Waals surface area contributed by atoms with Gasteiger partial charge in [0.05, 0.1) is 11.7 Å². The Morgan fingerprint density at radius 1 is 1.30 bits per heavy atom. The van der Waals surface area contributed by atoms with Gasteiger partial charge in [-0.15, -0.1) is 0 Å². The molecule has 0 aliphatic carbocycles. The summed E-state index contributed by atoms with van der Waals surface area (Å²) in [7, 11) is 0. The summed E-state index contributed by atoms with van der Waals surface area (Å²) in [5.74, 6) is 0.533. The predicted molar refractivity (Wildman–Crippen MR) is 112 cm³/mol. The van der Waals surface area contributed by atoms with Gasteiger partial charge in [-0.25, -0.2) is 9.37 Å². The molecule has 6 nitrogen and oxygen atoms in total. The van der Waals surface area contributed by atoms with E-state index in [0.717, 1.165) is 29.9 Å². The van der Waals surface area contributed by atoms with Gasteiger partial charge >= 0.3 is 0 Å². The number of benzene rings is 1. The molecule has 2 N–H and O–H groups in total. The number of anilines is 2. The predicted octanol–water partition coefficient (Wildman–Crippen LogP) is 3.35. The molecule has 0 spiro atoms. The Kier molecular flexibility index (Phi) is 4.18. The van der Waals surface area contributed by atoms with Crippen molar-refractivity contribution in [2.45, 2.75) is 32.0 Å². The number of nitrogens with zero attached hydrogens (tertiary/aromatic N) is 2. The molecule has 1 aromatic heterocycles. The lowest BCUT2D eigenvalue weighted by Gasteiger charge is -2.24. The number of fused-ring (bicyclic) bond motifs is 1. The molecule has 4 heterocycles. The van der Waals surface area contributed by atoms with Crippen molar-refractivity contribution in [3.8, 4) is 0 Å². The van der Waals surface area contributed by atoms with Crippen LogP contribution in [0.15, 0.2) is 48.4 Å². The molecule has 1 atom stereocenters. The highest BCUT2D eigenvalue weighted by Gasteiger charge is 2.38. The van der Waals surface area contributed by atoms with E-state index in [0.29, 0.717) is 29.1 Å². The first-order valence-electron chi connectivity index (χ1n) is 9.98. The van der Waals surface area contributed by atoms with Crippen molar-refractivity contribution in [3.63, 3.8) is 0 Å². The number of hydrogen-bond acceptors (Lipinski definition) is 5. The number of pyridine rings is 1. The molecule has 3 aliphatic heterocycles. The first-order chi connectivity index (χ1) is 14.3. The molecule has 3 aliphatic rings. The van der Waals surface area contributed by atoms with Crippen molar-refractivity contribution < 1.29 is 19.0 Å². The van der Waals surface area contributed by atoms with Crippen molar-refractivity contribution in [3.05, 3.63) is 65.3 Å². The quantitative estimate of drug-likeness (QED) is 0.747. The first-order valence-corrected chi connectivity index (χ1v) is 9.98. The Balaban J connectivity index is 1.52. The smallest absolute Gasteiger partial charge is 0.260 e. The molecule has 154 valence electrons. The van der Waals surface area contributed by atoms with Crippen LogP contribution < -0.4 is 10.2 Å². The van der Waals surface area contributed by atoms with E-state index in [1.54, 1.807) is 12.3 Å². The third kappa shape index (κ3) is 3.06. The fraction of sp³-hybridized carbons (Fsp3) is 0.304. The van der Waals surface area contributed by atoms with Crippen molar-refractivity contribution in [1.29, 1.82) is 0 Å². The molecule has 0 radical (unpaired) electrons. The number of ether oxygens (including phenoxy) is 1. The third-order valence-electron chi connectivity index (χ3n) is 5.81. The number of rotatable bonds is 2. The number of β-amino-alcohol motifs (C(OH)–C–C–N with tert-alkyl or cyclic N) is 1. The van der Waals surface area contributed by atoms with Crippen LogP contribution in [-0.2, 0) is 9.53 Å². The van der Waals surface area contributed by atoms with Crippen molar-refractivity contribution in [2.75, 3.05) is 23.3 Å². The first kappa shape index (κ1) is 18.8. The summed E-state index contributed by atoms with van der Waals surface area (Å²) in [6.07, 6.45) is 4.06. The van der Waals surface area contributed by atoms with E-state index in [-0.39, 0.29) is 12.0 Å². The van der Waals surface area contributed by atoms with Crippen LogP contribution in [0.5, 0.6) is 0 Å². The zero-order valence-corrected chi connectivity index (χ0v) is 16.8. The van der Waals surface area contributed by atoms with E-state index in [9.17, 15) is 14.3 Å². The van der Waals surface area contributed by atoms with Crippen LogP contribution in [0.25, 0.3) is 11.1 Å². The van der Waals surface area contributed by atoms with Crippen LogP contribution in [0.4, 0.5) is 15.9 Å². The minimum Gasteiger partial charge on any atom is -0.482 e. The van der Waals surface area contributed by atoms with Crippen molar-refractivity contribution in [2.24, 2.45) is 0 Å². The van der Waals surface area contributed by atoms with Crippen molar-refractivity contribution in [1.82, 2.24) is 4.98 Å². The number of aliphatic hydroxyl groups is 1. The zero-order chi connectivity index (χ0) is 21.0. The Bertz CT molecular complexity index is 1110. The van der Waals surface area contributed by atoms with Crippen LogP contribution in [0.3, 0.4) is 0 Å². The molecule has 30 heavy (non-hydrogen) atoms. The van der Waals surface area contributed by atoms with Gasteiger partial charge in [0.1, 0.15) is 23.0 Å². The molecule has 1 amide bonds. The van der Waals surface area contributed by atoms with E-state index in [1.165, 1.54) is 12.1 Å². The summed E-state index contributed by atoms with van der Waals surface area (Å²) in [6, 6.07) is 8.12. The highest BCUT2D eigenvalue weighted by molar-refractivity contribution is 6.32. The summed E-state index contributed by atoms with van der Waals surface area (Å²) in [4.78, 5) is 19.2. The maximum atomic E-state index is 13.8. The molecular weight excluding hydrogens is 385 g/mol. The molecule has 1 fully saturated rings. The number of carbonyl (C=O) groups excluding carboxylic acids is 1. The normalized spacial score (nSPS) is 24.5. The number of halogens is 1. The summed E-state index contributed by atoms with van der Waals surface area (Å²) in [6.45, 7) is 5.23. The molecule has 1 saturated heterocycles. The number of aliphatic hydroxyl groups excluding tert-OH is 1. The minimum atomic E-state index is -0.675. The summed E-state index contributed by atoms with van der Waals surface area (Å²) in [5.41, 5.74) is 2.52. The Morgan fingerprint density at radius 2 is 2.13 bits per heavy atom. The van der Waals surface area contributed by atoms with Crippen LogP contribution in [0.1, 0.15) is 31.4 Å². The molecule has 0 saturated carbocycles. The molecule has 7 heteroatoms. The van der Waals surface area contributed by atoms with Crippen LogP contribution in [-0.4, -0.2) is 40.8 Å². The Labute approximate surface area is 173 Å². The number of nitrogens with one attached hydrogen (secondary N) is 1. The highest BCUT2D eigenvalue weighted by atomic mass is 19.1. The zero-order valence-electron chi connectivity index (χ0n) is 16.8. The van der Waals surface area contributed by atoms with Gasteiger partial charge in [-0.05, 0) is 56.7 Å². The van der Waals surface area contributed by atoms with Crippen LogP contribution in [0.2, 0.25) is 0 Å². The van der Waals surface area contributed by atoms with Crippen LogP contribution in [0, 0.1) is 5.82 Å². The fourth-order valence-corrected chi connectivity index (χ4v) is 4.28. The van der Waals surface area contributed by atoms with Gasteiger partial charge in [-0.2, -0.15) is 0 Å². The van der Waals surface area contributed by atoms with Gasteiger partial charge in [0.15, 0.2) is 0 Å². The van der Waals surface area contributed by atoms with E-state index >= 15 is 0 Å². The lowest BCUT2D eigenvalue weighted by atomic mass is 9.93. The third-order valence-corrected chi connectivity index (χ3v) is 5.81. The Hall–Kier alpha value is -3.19. The van der Waals surface area contributed by atoms with E-state index < -0.39 is 11.4 Å². The summed E-state index contributed by atoms with van der Waals surface area (Å²) < 4.78 is 19.9.